The van der Waals surface area contributed by atoms with Crippen molar-refractivity contribution in [1.82, 2.24) is 0 Å². The largest absolute Gasteiger partial charge is 0.486 e. The van der Waals surface area contributed by atoms with Gasteiger partial charge in [-0.15, -0.1) is 0 Å². The second-order valence-corrected chi connectivity index (χ2v) is 4.05. The number of carbonyl (C=O) groups excluding carboxylic acids is 2. The molecule has 0 spiro atoms. The highest BCUT2D eigenvalue weighted by molar-refractivity contribution is 5.92. The van der Waals surface area contributed by atoms with Gasteiger partial charge in [0.1, 0.15) is 11.8 Å². The van der Waals surface area contributed by atoms with Gasteiger partial charge in [-0.3, -0.25) is 4.79 Å². The number of rotatable bonds is 7. The molecule has 0 saturated carbocycles. The van der Waals surface area contributed by atoms with Gasteiger partial charge in [-0.1, -0.05) is 13.3 Å². The van der Waals surface area contributed by atoms with Crippen LogP contribution in [-0.4, -0.2) is 32.3 Å². The average molecular weight is 298 g/mol. The molecule has 0 aliphatic heterocycles. The molecule has 7 nitrogen and oxygen atoms in total. The Morgan fingerprint density at radius 3 is 2.52 bits per heavy atom. The summed E-state index contributed by atoms with van der Waals surface area (Å²) in [6.45, 7) is 3.89. The molecule has 1 heterocycles. The van der Waals surface area contributed by atoms with Crippen molar-refractivity contribution >= 4 is 11.9 Å². The van der Waals surface area contributed by atoms with Crippen LogP contribution in [-0.2, 0) is 9.47 Å². The summed E-state index contributed by atoms with van der Waals surface area (Å²) in [5.74, 6) is -2.38. The number of hydrogen-bond donors (Lipinski definition) is 0. The van der Waals surface area contributed by atoms with Gasteiger partial charge in [0.05, 0.1) is 20.3 Å². The molecule has 0 radical (unpaired) electrons. The predicted molar refractivity (Wildman–Crippen MR) is 72.7 cm³/mol. The molecule has 1 rings (SSSR count). The van der Waals surface area contributed by atoms with Crippen molar-refractivity contribution in [2.24, 2.45) is 0 Å². The molecule has 1 aromatic rings. The van der Waals surface area contributed by atoms with Crippen LogP contribution in [0.4, 0.5) is 0 Å². The average Bonchev–Trinajstić information content (AvgIpc) is 2.48. The second kappa shape index (κ2) is 8.08. The van der Waals surface area contributed by atoms with Crippen molar-refractivity contribution in [2.45, 2.75) is 26.7 Å². The predicted octanol–water partition coefficient (Wildman–Crippen LogP) is 1.78. The molecule has 0 bridgehead atoms. The molecule has 116 valence electrons. The molecule has 7 heteroatoms. The van der Waals surface area contributed by atoms with Gasteiger partial charge in [0.15, 0.2) is 0 Å². The van der Waals surface area contributed by atoms with E-state index in [2.05, 4.69) is 4.74 Å². The van der Waals surface area contributed by atoms with E-state index in [1.807, 2.05) is 6.92 Å². The van der Waals surface area contributed by atoms with Gasteiger partial charge in [0.25, 0.3) is 5.76 Å². The van der Waals surface area contributed by atoms with Crippen LogP contribution in [0.15, 0.2) is 15.5 Å². The molecule has 0 aliphatic rings. The lowest BCUT2D eigenvalue weighted by Crippen LogP contribution is -2.22. The smallest absolute Gasteiger partial charge is 0.378 e. The van der Waals surface area contributed by atoms with Gasteiger partial charge in [0.2, 0.25) is 11.2 Å². The van der Waals surface area contributed by atoms with Gasteiger partial charge in [0, 0.05) is 0 Å². The Balaban J connectivity index is 3.23. The highest BCUT2D eigenvalue weighted by atomic mass is 16.5. The van der Waals surface area contributed by atoms with Crippen molar-refractivity contribution in [3.8, 4) is 5.75 Å². The van der Waals surface area contributed by atoms with Crippen LogP contribution in [0.25, 0.3) is 0 Å². The molecule has 0 atom stereocenters. The highest BCUT2D eigenvalue weighted by Crippen LogP contribution is 2.17. The Hall–Kier alpha value is -2.31. The number of hydrogen-bond acceptors (Lipinski definition) is 7. The van der Waals surface area contributed by atoms with Crippen LogP contribution < -0.4 is 10.2 Å². The third kappa shape index (κ3) is 4.08. The summed E-state index contributed by atoms with van der Waals surface area (Å²) in [4.78, 5) is 35.4. The Morgan fingerprint density at radius 1 is 1.24 bits per heavy atom. The monoisotopic (exact) mass is 298 g/mol. The van der Waals surface area contributed by atoms with Gasteiger partial charge in [-0.05, 0) is 13.3 Å². The first kappa shape index (κ1) is 16.7. The van der Waals surface area contributed by atoms with Crippen LogP contribution in [0, 0.1) is 0 Å². The minimum atomic E-state index is -0.853. The van der Waals surface area contributed by atoms with Crippen LogP contribution in [0.1, 0.15) is 47.6 Å². The van der Waals surface area contributed by atoms with Gasteiger partial charge in [-0.25, -0.2) is 9.59 Å². The summed E-state index contributed by atoms with van der Waals surface area (Å²) in [5.41, 5.74) is -1.08. The number of carbonyl (C=O) groups is 2. The lowest BCUT2D eigenvalue weighted by atomic mass is 10.2. The maximum atomic E-state index is 12.2. The highest BCUT2D eigenvalue weighted by Gasteiger charge is 2.25. The zero-order valence-electron chi connectivity index (χ0n) is 12.3. The van der Waals surface area contributed by atoms with E-state index in [0.29, 0.717) is 6.42 Å². The van der Waals surface area contributed by atoms with Crippen molar-refractivity contribution in [3.05, 3.63) is 27.8 Å². The first-order valence-electron chi connectivity index (χ1n) is 6.60. The van der Waals surface area contributed by atoms with E-state index in [1.54, 1.807) is 6.92 Å². The SMILES string of the molecule is CCCCOc1c(C(=O)OC)occ(C(=O)OCC)c1=O. The first-order valence-corrected chi connectivity index (χ1v) is 6.60. The Bertz CT molecular complexity index is 559. The normalized spacial score (nSPS) is 10.0. The Kier molecular flexibility index (Phi) is 6.45. The minimum absolute atomic E-state index is 0.114. The van der Waals surface area contributed by atoms with E-state index in [0.717, 1.165) is 19.8 Å². The number of esters is 2. The third-order valence-corrected chi connectivity index (χ3v) is 2.56. The summed E-state index contributed by atoms with van der Waals surface area (Å²) < 4.78 is 19.6. The van der Waals surface area contributed by atoms with Crippen LogP contribution in [0.5, 0.6) is 5.75 Å². The molecule has 0 amide bonds. The zero-order valence-corrected chi connectivity index (χ0v) is 12.3. The van der Waals surface area contributed by atoms with Gasteiger partial charge < -0.3 is 18.6 Å². The van der Waals surface area contributed by atoms with Crippen molar-refractivity contribution in [1.29, 1.82) is 0 Å². The fraction of sp³-hybridized carbons (Fsp3) is 0.500. The lowest BCUT2D eigenvalue weighted by molar-refractivity contribution is 0.0504. The maximum Gasteiger partial charge on any atom is 0.378 e. The number of methoxy groups -OCH3 is 1. The fourth-order valence-electron chi connectivity index (χ4n) is 1.48. The zero-order chi connectivity index (χ0) is 15.8. The molecule has 0 fully saturated rings. The van der Waals surface area contributed by atoms with Crippen LogP contribution >= 0.6 is 0 Å². The first-order chi connectivity index (χ1) is 10.1. The van der Waals surface area contributed by atoms with Crippen molar-refractivity contribution in [3.63, 3.8) is 0 Å². The Morgan fingerprint density at radius 2 is 1.95 bits per heavy atom. The summed E-state index contributed by atoms with van der Waals surface area (Å²) in [7, 11) is 1.15. The van der Waals surface area contributed by atoms with Crippen LogP contribution in [0.3, 0.4) is 0 Å². The molecule has 1 aromatic heterocycles. The van der Waals surface area contributed by atoms with E-state index < -0.39 is 17.4 Å². The van der Waals surface area contributed by atoms with Crippen molar-refractivity contribution in [2.75, 3.05) is 20.3 Å². The molecule has 21 heavy (non-hydrogen) atoms. The summed E-state index contributed by atoms with van der Waals surface area (Å²) in [6, 6.07) is 0. The lowest BCUT2D eigenvalue weighted by Gasteiger charge is -2.09. The summed E-state index contributed by atoms with van der Waals surface area (Å²) >= 11 is 0. The van der Waals surface area contributed by atoms with E-state index >= 15 is 0 Å². The van der Waals surface area contributed by atoms with Crippen molar-refractivity contribution < 1.29 is 28.2 Å². The quantitative estimate of drug-likeness (QED) is 0.559. The Labute approximate surface area is 121 Å². The summed E-state index contributed by atoms with van der Waals surface area (Å²) in [5, 5.41) is 0. The van der Waals surface area contributed by atoms with E-state index in [9.17, 15) is 14.4 Å². The molecule has 0 aliphatic carbocycles. The van der Waals surface area contributed by atoms with Gasteiger partial charge in [-0.2, -0.15) is 0 Å². The topological polar surface area (TPSA) is 92.0 Å². The van der Waals surface area contributed by atoms with E-state index in [-0.39, 0.29) is 30.3 Å². The van der Waals surface area contributed by atoms with Gasteiger partial charge >= 0.3 is 11.9 Å². The van der Waals surface area contributed by atoms with E-state index in [4.69, 9.17) is 13.9 Å². The molecule has 0 aromatic carbocycles. The standard InChI is InChI=1S/C14H18O7/c1-4-6-7-20-11-10(15)9(13(16)19-5-2)8-21-12(11)14(17)18-3/h8H,4-7H2,1-3H3. The molecule has 0 N–H and O–H groups in total. The number of unbranched alkanes of at least 4 members (excludes halogenated alkanes) is 1. The fourth-order valence-corrected chi connectivity index (χ4v) is 1.48. The van der Waals surface area contributed by atoms with Crippen LogP contribution in [0.2, 0.25) is 0 Å². The molecule has 0 saturated heterocycles. The second-order valence-electron chi connectivity index (χ2n) is 4.05. The summed E-state index contributed by atoms with van der Waals surface area (Å²) in [6.07, 6.45) is 2.40. The minimum Gasteiger partial charge on any atom is -0.486 e. The number of ether oxygens (including phenoxy) is 3. The molecule has 0 unspecified atom stereocenters. The maximum absolute atomic E-state index is 12.2. The molecular weight excluding hydrogens is 280 g/mol. The van der Waals surface area contributed by atoms with E-state index in [1.165, 1.54) is 0 Å². The third-order valence-electron chi connectivity index (χ3n) is 2.56. The molecular formula is C14H18O7.